The zero-order valence-electron chi connectivity index (χ0n) is 8.82. The molecule has 0 N–H and O–H groups in total. The molecule has 15 heavy (non-hydrogen) atoms. The molecular weight excluding hydrogens is 188 g/mol. The van der Waals surface area contributed by atoms with E-state index in [-0.39, 0.29) is 5.41 Å². The smallest absolute Gasteiger partial charge is 0.146 e. The van der Waals surface area contributed by atoms with Gasteiger partial charge in [0.25, 0.3) is 0 Å². The lowest BCUT2D eigenvalue weighted by molar-refractivity contribution is -0.133. The van der Waals surface area contributed by atoms with Gasteiger partial charge in [0.1, 0.15) is 11.5 Å². The van der Waals surface area contributed by atoms with Crippen LogP contribution >= 0.6 is 0 Å². The lowest BCUT2D eigenvalue weighted by atomic mass is 9.64. The Morgan fingerprint density at radius 2 is 2.07 bits per heavy atom. The van der Waals surface area contributed by atoms with Crippen molar-refractivity contribution in [2.24, 2.45) is 5.92 Å². The summed E-state index contributed by atoms with van der Waals surface area (Å²) >= 11 is 0. The van der Waals surface area contributed by atoms with Gasteiger partial charge in [-0.1, -0.05) is 12.1 Å². The van der Waals surface area contributed by atoms with Gasteiger partial charge in [0.2, 0.25) is 0 Å². The molecule has 3 aliphatic carbocycles. The van der Waals surface area contributed by atoms with E-state index in [1.165, 1.54) is 5.56 Å². The third-order valence-corrected chi connectivity index (χ3v) is 4.00. The Hall–Kier alpha value is -1.31. The van der Waals surface area contributed by atoms with Crippen molar-refractivity contribution in [1.82, 2.24) is 0 Å². The minimum Gasteiger partial charge on any atom is -0.497 e. The van der Waals surface area contributed by atoms with Crippen molar-refractivity contribution in [2.75, 3.05) is 7.11 Å². The first-order chi connectivity index (χ1) is 7.26. The molecule has 0 amide bonds. The van der Waals surface area contributed by atoms with Crippen LogP contribution in [0.3, 0.4) is 0 Å². The van der Waals surface area contributed by atoms with Crippen LogP contribution < -0.4 is 4.74 Å². The molecule has 3 saturated carbocycles. The number of fused-ring (bicyclic) bond motifs is 1. The molecule has 2 heteroatoms. The Kier molecular flexibility index (Phi) is 1.70. The highest BCUT2D eigenvalue weighted by Gasteiger charge is 2.59. The monoisotopic (exact) mass is 202 g/mol. The van der Waals surface area contributed by atoms with Crippen LogP contribution in [0.5, 0.6) is 5.75 Å². The summed E-state index contributed by atoms with van der Waals surface area (Å²) in [5, 5.41) is 0. The SMILES string of the molecule is COc1ccc(C23CCC(C2)C3=O)cc1. The number of carbonyl (C=O) groups is 1. The van der Waals surface area contributed by atoms with Crippen LogP contribution in [0, 0.1) is 5.92 Å². The molecule has 0 aromatic heterocycles. The van der Waals surface area contributed by atoms with Crippen LogP contribution in [0.25, 0.3) is 0 Å². The zero-order chi connectivity index (χ0) is 10.5. The average Bonchev–Trinajstić information content (AvgIpc) is 2.87. The average molecular weight is 202 g/mol. The number of methoxy groups -OCH3 is 1. The van der Waals surface area contributed by atoms with E-state index in [1.54, 1.807) is 7.11 Å². The molecule has 2 bridgehead atoms. The summed E-state index contributed by atoms with van der Waals surface area (Å²) in [6, 6.07) is 7.97. The van der Waals surface area contributed by atoms with Crippen molar-refractivity contribution >= 4 is 5.78 Å². The molecule has 78 valence electrons. The quantitative estimate of drug-likeness (QED) is 0.735. The number of ketones is 1. The minimum absolute atomic E-state index is 0.114. The summed E-state index contributed by atoms with van der Waals surface area (Å²) in [6.45, 7) is 0. The van der Waals surface area contributed by atoms with Gasteiger partial charge in [-0.05, 0) is 37.0 Å². The van der Waals surface area contributed by atoms with E-state index < -0.39 is 0 Å². The van der Waals surface area contributed by atoms with Gasteiger partial charge >= 0.3 is 0 Å². The molecule has 0 radical (unpaired) electrons. The standard InChI is InChI=1S/C13H14O2/c1-15-11-4-2-10(3-5-11)13-7-6-9(8-13)12(13)14/h2-5,9H,6-8H2,1H3. The van der Waals surface area contributed by atoms with Gasteiger partial charge in [-0.15, -0.1) is 0 Å². The molecule has 0 saturated heterocycles. The third kappa shape index (κ3) is 1.02. The predicted octanol–water partition coefficient (Wildman–Crippen LogP) is 2.32. The first-order valence-corrected chi connectivity index (χ1v) is 5.45. The molecule has 1 aromatic rings. The summed E-state index contributed by atoms with van der Waals surface area (Å²) in [6.07, 6.45) is 3.20. The van der Waals surface area contributed by atoms with Crippen molar-refractivity contribution < 1.29 is 9.53 Å². The van der Waals surface area contributed by atoms with E-state index in [9.17, 15) is 4.79 Å². The van der Waals surface area contributed by atoms with Crippen molar-refractivity contribution in [1.29, 1.82) is 0 Å². The predicted molar refractivity (Wildman–Crippen MR) is 57.0 cm³/mol. The third-order valence-electron chi connectivity index (χ3n) is 4.00. The molecule has 4 rings (SSSR count). The van der Waals surface area contributed by atoms with Crippen LogP contribution in [0.2, 0.25) is 0 Å². The van der Waals surface area contributed by atoms with Crippen molar-refractivity contribution in [3.63, 3.8) is 0 Å². The number of rotatable bonds is 2. The maximum absolute atomic E-state index is 11.9. The van der Waals surface area contributed by atoms with Crippen LogP contribution in [0.15, 0.2) is 24.3 Å². The number of benzene rings is 1. The fraction of sp³-hybridized carbons (Fsp3) is 0.462. The number of Topliss-reactive ketones (excluding diaryl/α,β-unsaturated/α-hetero) is 1. The lowest BCUT2D eigenvalue weighted by Gasteiger charge is -2.37. The van der Waals surface area contributed by atoms with Crippen LogP contribution in [0.4, 0.5) is 0 Å². The van der Waals surface area contributed by atoms with Gasteiger partial charge in [-0.3, -0.25) is 4.79 Å². The maximum Gasteiger partial charge on any atom is 0.146 e. The molecule has 1 aromatic carbocycles. The topological polar surface area (TPSA) is 26.3 Å². The van der Waals surface area contributed by atoms with Crippen molar-refractivity contribution in [2.45, 2.75) is 24.7 Å². The minimum atomic E-state index is -0.114. The Balaban J connectivity index is 1.96. The molecular formula is C13H14O2. The Morgan fingerprint density at radius 1 is 1.33 bits per heavy atom. The van der Waals surface area contributed by atoms with Crippen molar-refractivity contribution in [3.8, 4) is 5.75 Å². The molecule has 0 heterocycles. The zero-order valence-corrected chi connectivity index (χ0v) is 8.82. The van der Waals surface area contributed by atoms with E-state index in [2.05, 4.69) is 0 Å². The number of hydrogen-bond acceptors (Lipinski definition) is 2. The summed E-state index contributed by atoms with van der Waals surface area (Å²) in [7, 11) is 1.66. The Labute approximate surface area is 89.2 Å². The molecule has 3 aliphatic rings. The highest BCUT2D eigenvalue weighted by Crippen LogP contribution is 2.56. The molecule has 2 atom stereocenters. The lowest BCUT2D eigenvalue weighted by Crippen LogP contribution is -2.44. The normalized spacial score (nSPS) is 32.6. The molecule has 0 aliphatic heterocycles. The number of ether oxygens (including phenoxy) is 1. The summed E-state index contributed by atoms with van der Waals surface area (Å²) in [5.74, 6) is 1.69. The van der Waals surface area contributed by atoms with E-state index in [0.29, 0.717) is 11.7 Å². The van der Waals surface area contributed by atoms with Crippen LogP contribution in [-0.2, 0) is 10.2 Å². The van der Waals surface area contributed by atoms with Gasteiger partial charge < -0.3 is 4.74 Å². The maximum atomic E-state index is 11.9. The van der Waals surface area contributed by atoms with Gasteiger partial charge in [0.15, 0.2) is 0 Å². The summed E-state index contributed by atoms with van der Waals surface area (Å²) in [4.78, 5) is 11.9. The Bertz CT molecular complexity index is 403. The first kappa shape index (κ1) is 8.96. The van der Waals surface area contributed by atoms with Crippen LogP contribution in [-0.4, -0.2) is 12.9 Å². The van der Waals surface area contributed by atoms with Gasteiger partial charge in [0.05, 0.1) is 12.5 Å². The van der Waals surface area contributed by atoms with Gasteiger partial charge in [0, 0.05) is 5.92 Å². The number of hydrogen-bond donors (Lipinski definition) is 0. The fourth-order valence-electron chi connectivity index (χ4n) is 3.07. The van der Waals surface area contributed by atoms with E-state index in [4.69, 9.17) is 4.74 Å². The number of carbonyl (C=O) groups excluding carboxylic acids is 1. The van der Waals surface area contributed by atoms with Gasteiger partial charge in [-0.2, -0.15) is 0 Å². The largest absolute Gasteiger partial charge is 0.497 e. The summed E-state index contributed by atoms with van der Waals surface area (Å²) in [5.41, 5.74) is 1.07. The second-order valence-corrected chi connectivity index (χ2v) is 4.61. The molecule has 2 unspecified atom stereocenters. The second-order valence-electron chi connectivity index (χ2n) is 4.61. The highest BCUT2D eigenvalue weighted by molar-refractivity contribution is 6.00. The highest BCUT2D eigenvalue weighted by atomic mass is 16.5. The van der Waals surface area contributed by atoms with E-state index in [0.717, 1.165) is 25.0 Å². The van der Waals surface area contributed by atoms with Gasteiger partial charge in [-0.25, -0.2) is 0 Å². The van der Waals surface area contributed by atoms with Crippen LogP contribution in [0.1, 0.15) is 24.8 Å². The fourth-order valence-corrected chi connectivity index (χ4v) is 3.07. The molecule has 2 nitrogen and oxygen atoms in total. The summed E-state index contributed by atoms with van der Waals surface area (Å²) < 4.78 is 5.12. The first-order valence-electron chi connectivity index (χ1n) is 5.45. The van der Waals surface area contributed by atoms with E-state index in [1.807, 2.05) is 24.3 Å². The molecule has 3 fully saturated rings. The Morgan fingerprint density at radius 3 is 2.53 bits per heavy atom. The van der Waals surface area contributed by atoms with E-state index >= 15 is 0 Å². The molecule has 0 spiro atoms. The van der Waals surface area contributed by atoms with Crippen molar-refractivity contribution in [3.05, 3.63) is 29.8 Å². The second kappa shape index (κ2) is 2.84.